The van der Waals surface area contributed by atoms with E-state index < -0.39 is 0 Å². The van der Waals surface area contributed by atoms with Crippen molar-refractivity contribution < 1.29 is 4.79 Å². The van der Waals surface area contributed by atoms with Crippen molar-refractivity contribution in [2.45, 2.75) is 27.3 Å². The summed E-state index contributed by atoms with van der Waals surface area (Å²) in [4.78, 5) is 13.2. The van der Waals surface area contributed by atoms with Crippen LogP contribution in [0.5, 0.6) is 0 Å². The molecular weight excluding hydrogens is 244 g/mol. The first-order valence-corrected chi connectivity index (χ1v) is 6.80. The maximum atomic E-state index is 12.1. The number of rotatable bonds is 4. The van der Waals surface area contributed by atoms with Crippen LogP contribution in [0.2, 0.25) is 0 Å². The molecule has 0 radical (unpaired) electrons. The molecule has 2 aromatic rings. The zero-order valence-corrected chi connectivity index (χ0v) is 11.6. The van der Waals surface area contributed by atoms with Crippen molar-refractivity contribution in [3.05, 3.63) is 45.4 Å². The third-order valence-corrected chi connectivity index (χ3v) is 3.81. The van der Waals surface area contributed by atoms with Crippen LogP contribution in [0.3, 0.4) is 0 Å². The zero-order valence-electron chi connectivity index (χ0n) is 10.8. The first-order chi connectivity index (χ1) is 8.61. The van der Waals surface area contributed by atoms with Gasteiger partial charge in [0.05, 0.1) is 11.3 Å². The molecule has 18 heavy (non-hydrogen) atoms. The van der Waals surface area contributed by atoms with Gasteiger partial charge in [-0.1, -0.05) is 0 Å². The fourth-order valence-corrected chi connectivity index (χ4v) is 2.54. The van der Waals surface area contributed by atoms with Crippen molar-refractivity contribution in [2.24, 2.45) is 0 Å². The van der Waals surface area contributed by atoms with Crippen LogP contribution < -0.4 is 0 Å². The molecule has 0 bridgehead atoms. The topological polar surface area (TPSA) is 34.9 Å². The Labute approximate surface area is 111 Å². The number of aryl methyl sites for hydroxylation is 3. The number of allylic oxidation sites excluding steroid dienone is 1. The van der Waals surface area contributed by atoms with Gasteiger partial charge < -0.3 is 0 Å². The zero-order chi connectivity index (χ0) is 13.1. The summed E-state index contributed by atoms with van der Waals surface area (Å²) < 4.78 is 1.78. The molecule has 3 nitrogen and oxygen atoms in total. The molecule has 0 aliphatic heterocycles. The molecule has 0 aliphatic carbocycles. The normalized spacial score (nSPS) is 11.3. The molecule has 0 unspecified atom stereocenters. The van der Waals surface area contributed by atoms with E-state index in [1.54, 1.807) is 22.1 Å². The second-order valence-corrected chi connectivity index (χ2v) is 5.10. The highest BCUT2D eigenvalue weighted by molar-refractivity contribution is 7.11. The molecule has 0 atom stereocenters. The minimum atomic E-state index is 0.0139. The smallest absolute Gasteiger partial charge is 0.189 e. The van der Waals surface area contributed by atoms with Crippen LogP contribution in [-0.2, 0) is 6.54 Å². The van der Waals surface area contributed by atoms with Crippen molar-refractivity contribution in [1.82, 2.24) is 9.78 Å². The molecule has 0 spiro atoms. The lowest BCUT2D eigenvalue weighted by Gasteiger charge is -1.92. The molecule has 2 rings (SSSR count). The lowest BCUT2D eigenvalue weighted by Crippen LogP contribution is -1.94. The van der Waals surface area contributed by atoms with Gasteiger partial charge in [-0.25, -0.2) is 0 Å². The Morgan fingerprint density at radius 3 is 2.83 bits per heavy atom. The van der Waals surface area contributed by atoms with Crippen molar-refractivity contribution in [3.8, 4) is 0 Å². The number of carbonyl (C=O) groups is 1. The summed E-state index contributed by atoms with van der Waals surface area (Å²) in [5, 5.41) is 6.30. The van der Waals surface area contributed by atoms with Crippen LogP contribution in [0.4, 0.5) is 0 Å². The minimum Gasteiger partial charge on any atom is -0.289 e. The predicted molar refractivity (Wildman–Crippen MR) is 75.1 cm³/mol. The summed E-state index contributed by atoms with van der Waals surface area (Å²) in [6.45, 7) is 6.69. The predicted octanol–water partition coefficient (Wildman–Crippen LogP) is 3.48. The third kappa shape index (κ3) is 2.59. The lowest BCUT2D eigenvalue weighted by atomic mass is 10.1. The average Bonchev–Trinajstić information content (AvgIpc) is 2.92. The largest absolute Gasteiger partial charge is 0.289 e. The van der Waals surface area contributed by atoms with Gasteiger partial charge >= 0.3 is 0 Å². The summed E-state index contributed by atoms with van der Waals surface area (Å²) in [6, 6.07) is 2.05. The van der Waals surface area contributed by atoms with Crippen LogP contribution in [-0.4, -0.2) is 15.6 Å². The highest BCUT2D eigenvalue weighted by Gasteiger charge is 2.10. The van der Waals surface area contributed by atoms with Gasteiger partial charge in [0.15, 0.2) is 5.78 Å². The molecule has 0 saturated heterocycles. The third-order valence-electron chi connectivity index (χ3n) is 2.82. The van der Waals surface area contributed by atoms with Crippen LogP contribution in [0.1, 0.15) is 33.4 Å². The van der Waals surface area contributed by atoms with Gasteiger partial charge in [0.2, 0.25) is 0 Å². The lowest BCUT2D eigenvalue weighted by molar-refractivity contribution is 0.104. The monoisotopic (exact) mass is 260 g/mol. The van der Waals surface area contributed by atoms with Crippen molar-refractivity contribution in [1.29, 1.82) is 0 Å². The maximum Gasteiger partial charge on any atom is 0.189 e. The highest BCUT2D eigenvalue weighted by Crippen LogP contribution is 2.18. The summed E-state index contributed by atoms with van der Waals surface area (Å²) in [5.41, 5.74) is 2.67. The molecule has 0 fully saturated rings. The van der Waals surface area contributed by atoms with E-state index in [-0.39, 0.29) is 5.78 Å². The second-order valence-electron chi connectivity index (χ2n) is 4.15. The number of ketones is 1. The summed E-state index contributed by atoms with van der Waals surface area (Å²) >= 11 is 1.64. The standard InChI is InChI=1S/C14H16N2OS/c1-4-16-9-12(11(3)15-16)13(17)5-6-14-10(2)7-8-18-14/h5-9H,4H2,1-3H3/b6-5+. The molecule has 0 aromatic carbocycles. The van der Waals surface area contributed by atoms with Crippen LogP contribution in [0, 0.1) is 13.8 Å². The van der Waals surface area contributed by atoms with Crippen molar-refractivity contribution >= 4 is 23.2 Å². The van der Waals surface area contributed by atoms with Crippen LogP contribution in [0.25, 0.3) is 6.08 Å². The van der Waals surface area contributed by atoms with E-state index in [1.807, 2.05) is 38.4 Å². The SMILES string of the molecule is CCn1cc(C(=O)/C=C/c2sccc2C)c(C)n1. The van der Waals surface area contributed by atoms with Crippen LogP contribution in [0.15, 0.2) is 23.7 Å². The quantitative estimate of drug-likeness (QED) is 0.623. The van der Waals surface area contributed by atoms with E-state index in [2.05, 4.69) is 11.2 Å². The van der Waals surface area contributed by atoms with E-state index in [4.69, 9.17) is 0 Å². The molecular formula is C14H16N2OS. The molecule has 94 valence electrons. The van der Waals surface area contributed by atoms with Gasteiger partial charge in [-0.05, 0) is 49.9 Å². The number of hydrogen-bond donors (Lipinski definition) is 0. The second kappa shape index (κ2) is 5.31. The Hall–Kier alpha value is -1.68. The van der Waals surface area contributed by atoms with E-state index in [0.29, 0.717) is 5.56 Å². The Balaban J connectivity index is 2.19. The molecule has 2 heterocycles. The summed E-state index contributed by atoms with van der Waals surface area (Å²) in [6.07, 6.45) is 5.32. The van der Waals surface area contributed by atoms with E-state index in [0.717, 1.165) is 17.1 Å². The van der Waals surface area contributed by atoms with Crippen molar-refractivity contribution in [3.63, 3.8) is 0 Å². The van der Waals surface area contributed by atoms with E-state index >= 15 is 0 Å². The number of carbonyl (C=O) groups excluding carboxylic acids is 1. The minimum absolute atomic E-state index is 0.0139. The summed E-state index contributed by atoms with van der Waals surface area (Å²) in [7, 11) is 0. The highest BCUT2D eigenvalue weighted by atomic mass is 32.1. The molecule has 0 aliphatic rings. The number of hydrogen-bond acceptors (Lipinski definition) is 3. The van der Waals surface area contributed by atoms with E-state index in [1.165, 1.54) is 5.56 Å². The van der Waals surface area contributed by atoms with Gasteiger partial charge in [0, 0.05) is 17.6 Å². The first kappa shape index (κ1) is 12.8. The van der Waals surface area contributed by atoms with Gasteiger partial charge in [-0.15, -0.1) is 11.3 Å². The van der Waals surface area contributed by atoms with E-state index in [9.17, 15) is 4.79 Å². The maximum absolute atomic E-state index is 12.1. The van der Waals surface area contributed by atoms with Crippen LogP contribution >= 0.6 is 11.3 Å². The molecule has 2 aromatic heterocycles. The fourth-order valence-electron chi connectivity index (χ4n) is 1.72. The number of aromatic nitrogens is 2. The Morgan fingerprint density at radius 1 is 1.50 bits per heavy atom. The average molecular weight is 260 g/mol. The molecule has 0 amide bonds. The molecule has 4 heteroatoms. The Kier molecular flexibility index (Phi) is 3.77. The van der Waals surface area contributed by atoms with Gasteiger partial charge in [0.25, 0.3) is 0 Å². The number of thiophene rings is 1. The number of nitrogens with zero attached hydrogens (tertiary/aromatic N) is 2. The molecule has 0 N–H and O–H groups in total. The molecule has 0 saturated carbocycles. The van der Waals surface area contributed by atoms with Gasteiger partial charge in [0.1, 0.15) is 0 Å². The van der Waals surface area contributed by atoms with Crippen molar-refractivity contribution in [2.75, 3.05) is 0 Å². The summed E-state index contributed by atoms with van der Waals surface area (Å²) in [5.74, 6) is 0.0139. The fraction of sp³-hybridized carbons (Fsp3) is 0.286. The first-order valence-electron chi connectivity index (χ1n) is 5.92. The van der Waals surface area contributed by atoms with Gasteiger partial charge in [-0.3, -0.25) is 9.48 Å². The Morgan fingerprint density at radius 2 is 2.28 bits per heavy atom. The Bertz CT molecular complexity index is 593. The van der Waals surface area contributed by atoms with Gasteiger partial charge in [-0.2, -0.15) is 5.10 Å².